The smallest absolute Gasteiger partial charge is 0.263 e. The van der Waals surface area contributed by atoms with Crippen LogP contribution in [-0.2, 0) is 9.53 Å². The third kappa shape index (κ3) is 8.85. The molecule has 2 N–H and O–H groups in total. The summed E-state index contributed by atoms with van der Waals surface area (Å²) in [5.74, 6) is -0.0891. The van der Waals surface area contributed by atoms with E-state index >= 15 is 0 Å². The Morgan fingerprint density at radius 1 is 1.50 bits per heavy atom. The molecule has 0 aliphatic rings. The lowest BCUT2D eigenvalue weighted by Crippen LogP contribution is -2.27. The van der Waals surface area contributed by atoms with Crippen LogP contribution < -0.4 is 10.6 Å². The molecule has 0 fully saturated rings. The molecule has 0 rings (SSSR count). The molecule has 1 amide bonds. The van der Waals surface area contributed by atoms with E-state index in [1.54, 1.807) is 0 Å². The average Bonchev–Trinajstić information content (AvgIpc) is 2.34. The van der Waals surface area contributed by atoms with Crippen molar-refractivity contribution in [1.29, 1.82) is 5.26 Å². The summed E-state index contributed by atoms with van der Waals surface area (Å²) in [7, 11) is 0. The van der Waals surface area contributed by atoms with Crippen LogP contribution in [-0.4, -0.2) is 37.6 Å². The van der Waals surface area contributed by atoms with Gasteiger partial charge in [-0.1, -0.05) is 0 Å². The summed E-state index contributed by atoms with van der Waals surface area (Å²) in [5, 5.41) is 14.2. The molecule has 0 saturated heterocycles. The Labute approximate surface area is 113 Å². The van der Waals surface area contributed by atoms with Gasteiger partial charge in [0.25, 0.3) is 5.91 Å². The van der Waals surface area contributed by atoms with Gasteiger partial charge >= 0.3 is 0 Å². The molecule has 0 aromatic carbocycles. The standard InChI is InChI=1S/C12H20ClN3O2/c1-10(2)18-7-3-5-15-9-11(8-14)12(17)16-6-4-13/h9-10,15H,3-7H2,1-2H3,(H,16,17)/b11-9-. The van der Waals surface area contributed by atoms with Crippen LogP contribution in [0.25, 0.3) is 0 Å². The highest BCUT2D eigenvalue weighted by Gasteiger charge is 2.06. The molecule has 0 aromatic rings. The number of hydrogen-bond donors (Lipinski definition) is 2. The molecule has 0 aromatic heterocycles. The van der Waals surface area contributed by atoms with E-state index in [1.807, 2.05) is 19.9 Å². The highest BCUT2D eigenvalue weighted by Crippen LogP contribution is 1.92. The Morgan fingerprint density at radius 2 is 2.22 bits per heavy atom. The van der Waals surface area contributed by atoms with Crippen molar-refractivity contribution in [2.75, 3.05) is 25.6 Å². The van der Waals surface area contributed by atoms with E-state index in [9.17, 15) is 4.79 Å². The molecule has 6 heteroatoms. The maximum absolute atomic E-state index is 11.4. The van der Waals surface area contributed by atoms with Crippen LogP contribution in [0.15, 0.2) is 11.8 Å². The van der Waals surface area contributed by atoms with Gasteiger partial charge in [-0.2, -0.15) is 5.26 Å². The Hall–Kier alpha value is -1.25. The van der Waals surface area contributed by atoms with E-state index in [4.69, 9.17) is 21.6 Å². The molecule has 0 radical (unpaired) electrons. The number of carbonyl (C=O) groups is 1. The third-order valence-corrected chi connectivity index (χ3v) is 2.10. The van der Waals surface area contributed by atoms with Crippen LogP contribution in [0.4, 0.5) is 0 Å². The Kier molecular flexibility index (Phi) is 10.1. The number of hydrogen-bond acceptors (Lipinski definition) is 4. The number of nitriles is 1. The summed E-state index contributed by atoms with van der Waals surface area (Å²) in [4.78, 5) is 11.4. The van der Waals surface area contributed by atoms with Crippen LogP contribution in [0.2, 0.25) is 0 Å². The first kappa shape index (κ1) is 16.8. The molecule has 0 atom stereocenters. The third-order valence-electron chi connectivity index (χ3n) is 1.91. The number of halogens is 1. The van der Waals surface area contributed by atoms with Crippen LogP contribution in [0.5, 0.6) is 0 Å². The molecule has 18 heavy (non-hydrogen) atoms. The summed E-state index contributed by atoms with van der Waals surface area (Å²) >= 11 is 5.43. The zero-order valence-corrected chi connectivity index (χ0v) is 11.6. The normalized spacial score (nSPS) is 11.2. The van der Waals surface area contributed by atoms with Gasteiger partial charge in [0, 0.05) is 31.8 Å². The fourth-order valence-corrected chi connectivity index (χ4v) is 1.17. The molecule has 5 nitrogen and oxygen atoms in total. The number of nitrogens with one attached hydrogen (secondary N) is 2. The van der Waals surface area contributed by atoms with Crippen LogP contribution in [0.3, 0.4) is 0 Å². The monoisotopic (exact) mass is 273 g/mol. The summed E-state index contributed by atoms with van der Waals surface area (Å²) in [5.41, 5.74) is 0.0462. The largest absolute Gasteiger partial charge is 0.390 e. The number of ether oxygens (including phenoxy) is 1. The summed E-state index contributed by atoms with van der Waals surface area (Å²) in [6.07, 6.45) is 2.45. The van der Waals surface area contributed by atoms with Crippen LogP contribution in [0, 0.1) is 11.3 Å². The van der Waals surface area contributed by atoms with Gasteiger partial charge < -0.3 is 15.4 Å². The highest BCUT2D eigenvalue weighted by molar-refractivity contribution is 6.18. The number of carbonyl (C=O) groups excluding carboxylic acids is 1. The van der Waals surface area contributed by atoms with Crippen LogP contribution in [0.1, 0.15) is 20.3 Å². The number of rotatable bonds is 9. The van der Waals surface area contributed by atoms with Gasteiger partial charge in [-0.3, -0.25) is 4.79 Å². The number of nitrogens with zero attached hydrogens (tertiary/aromatic N) is 1. The van der Waals surface area contributed by atoms with Gasteiger partial charge in [-0.05, 0) is 20.3 Å². The molecule has 0 bridgehead atoms. The lowest BCUT2D eigenvalue weighted by Gasteiger charge is -2.07. The minimum Gasteiger partial charge on any atom is -0.390 e. The van der Waals surface area contributed by atoms with E-state index in [0.29, 0.717) is 25.6 Å². The predicted octanol–water partition coefficient (Wildman–Crippen LogP) is 1.15. The maximum Gasteiger partial charge on any atom is 0.263 e. The highest BCUT2D eigenvalue weighted by atomic mass is 35.5. The zero-order valence-electron chi connectivity index (χ0n) is 10.8. The molecule has 0 aliphatic heterocycles. The van der Waals surface area contributed by atoms with Crippen molar-refractivity contribution in [2.24, 2.45) is 0 Å². The first-order chi connectivity index (χ1) is 8.61. The number of alkyl halides is 1. The van der Waals surface area contributed by atoms with Crippen molar-refractivity contribution in [3.8, 4) is 6.07 Å². The van der Waals surface area contributed by atoms with Crippen molar-refractivity contribution in [2.45, 2.75) is 26.4 Å². The number of amides is 1. The Morgan fingerprint density at radius 3 is 2.78 bits per heavy atom. The molecular weight excluding hydrogens is 254 g/mol. The minimum absolute atomic E-state index is 0.0462. The van der Waals surface area contributed by atoms with E-state index < -0.39 is 5.91 Å². The Bertz CT molecular complexity index is 311. The van der Waals surface area contributed by atoms with Crippen molar-refractivity contribution < 1.29 is 9.53 Å². The van der Waals surface area contributed by atoms with Crippen molar-refractivity contribution in [3.63, 3.8) is 0 Å². The van der Waals surface area contributed by atoms with Crippen LogP contribution >= 0.6 is 11.6 Å². The van der Waals surface area contributed by atoms with Crippen molar-refractivity contribution in [1.82, 2.24) is 10.6 Å². The first-order valence-corrected chi connectivity index (χ1v) is 6.44. The zero-order chi connectivity index (χ0) is 13.8. The van der Waals surface area contributed by atoms with Gasteiger partial charge in [-0.15, -0.1) is 11.6 Å². The molecular formula is C12H20ClN3O2. The summed E-state index contributed by atoms with van der Waals surface area (Å²) in [6.45, 7) is 5.60. The van der Waals surface area contributed by atoms with Gasteiger partial charge in [0.15, 0.2) is 0 Å². The topological polar surface area (TPSA) is 74.1 Å². The van der Waals surface area contributed by atoms with E-state index in [2.05, 4.69) is 10.6 Å². The lowest BCUT2D eigenvalue weighted by molar-refractivity contribution is -0.117. The molecule has 0 saturated carbocycles. The molecule has 0 unspecified atom stereocenters. The second kappa shape index (κ2) is 10.9. The first-order valence-electron chi connectivity index (χ1n) is 5.91. The Balaban J connectivity index is 3.85. The molecule has 102 valence electrons. The van der Waals surface area contributed by atoms with Crippen molar-refractivity contribution >= 4 is 17.5 Å². The van der Waals surface area contributed by atoms with Gasteiger partial charge in [0.05, 0.1) is 6.10 Å². The second-order valence-electron chi connectivity index (χ2n) is 3.84. The molecule has 0 spiro atoms. The fraction of sp³-hybridized carbons (Fsp3) is 0.667. The molecule has 0 heterocycles. The van der Waals surface area contributed by atoms with Gasteiger partial charge in [0.1, 0.15) is 11.6 Å². The summed E-state index contributed by atoms with van der Waals surface area (Å²) < 4.78 is 5.36. The van der Waals surface area contributed by atoms with Gasteiger partial charge in [0.2, 0.25) is 0 Å². The lowest BCUT2D eigenvalue weighted by atomic mass is 10.3. The van der Waals surface area contributed by atoms with E-state index in [0.717, 1.165) is 6.42 Å². The summed E-state index contributed by atoms with van der Waals surface area (Å²) in [6, 6.07) is 1.83. The predicted molar refractivity (Wildman–Crippen MR) is 71.1 cm³/mol. The fourth-order valence-electron chi connectivity index (χ4n) is 1.07. The SMILES string of the molecule is CC(C)OCCCN/C=C(/C#N)C(=O)NCCCl. The molecule has 0 aliphatic carbocycles. The van der Waals surface area contributed by atoms with E-state index in [-0.39, 0.29) is 11.7 Å². The van der Waals surface area contributed by atoms with Gasteiger partial charge in [-0.25, -0.2) is 0 Å². The average molecular weight is 274 g/mol. The second-order valence-corrected chi connectivity index (χ2v) is 4.22. The quantitative estimate of drug-likeness (QED) is 0.286. The van der Waals surface area contributed by atoms with E-state index in [1.165, 1.54) is 6.20 Å². The van der Waals surface area contributed by atoms with Crippen molar-refractivity contribution in [3.05, 3.63) is 11.8 Å². The minimum atomic E-state index is -0.413. The maximum atomic E-state index is 11.4.